The van der Waals surface area contributed by atoms with Gasteiger partial charge in [0, 0.05) is 17.3 Å². The van der Waals surface area contributed by atoms with Crippen molar-refractivity contribution in [2.75, 3.05) is 5.32 Å². The first-order valence-electron chi connectivity index (χ1n) is 6.85. The van der Waals surface area contributed by atoms with Gasteiger partial charge in [-0.3, -0.25) is 0 Å². The highest BCUT2D eigenvalue weighted by molar-refractivity contribution is 5.48. The number of rotatable bonds is 2. The van der Waals surface area contributed by atoms with Crippen molar-refractivity contribution in [2.24, 2.45) is 11.8 Å². The Kier molecular flexibility index (Phi) is 2.77. The molecule has 3 rings (SSSR count). The summed E-state index contributed by atoms with van der Waals surface area (Å²) in [5.74, 6) is 2.70. The zero-order chi connectivity index (χ0) is 11.8. The Balaban J connectivity index is 1.80. The summed E-state index contributed by atoms with van der Waals surface area (Å²) in [7, 11) is 0. The minimum Gasteiger partial charge on any atom is -0.367 e. The Hall–Kier alpha value is -1.12. The summed E-state index contributed by atoms with van der Waals surface area (Å²) in [4.78, 5) is 8.83. The molecule has 2 aliphatic rings. The molecule has 0 aromatic carbocycles. The third kappa shape index (κ3) is 1.92. The molecule has 0 radical (unpaired) electrons. The average Bonchev–Trinajstić information content (AvgIpc) is 2.91. The van der Waals surface area contributed by atoms with Gasteiger partial charge in [-0.1, -0.05) is 13.8 Å². The molecule has 3 atom stereocenters. The second kappa shape index (κ2) is 4.28. The Morgan fingerprint density at radius 3 is 2.82 bits per heavy atom. The summed E-state index contributed by atoms with van der Waals surface area (Å²) in [5, 5.41) is 3.67. The zero-order valence-electron chi connectivity index (χ0n) is 10.7. The quantitative estimate of drug-likeness (QED) is 0.850. The lowest BCUT2D eigenvalue weighted by molar-refractivity contribution is 0.435. The van der Waals surface area contributed by atoms with Gasteiger partial charge < -0.3 is 5.32 Å². The number of aromatic nitrogens is 2. The zero-order valence-corrected chi connectivity index (χ0v) is 10.7. The van der Waals surface area contributed by atoms with Crippen molar-refractivity contribution >= 4 is 5.82 Å². The average molecular weight is 231 g/mol. The van der Waals surface area contributed by atoms with Crippen LogP contribution in [0.3, 0.4) is 0 Å². The summed E-state index contributed by atoms with van der Waals surface area (Å²) in [5.41, 5.74) is 2.64. The van der Waals surface area contributed by atoms with Crippen molar-refractivity contribution in [3.8, 4) is 0 Å². The minimum absolute atomic E-state index is 0.601. The highest BCUT2D eigenvalue weighted by atomic mass is 15.1. The summed E-state index contributed by atoms with van der Waals surface area (Å²) in [6.07, 6.45) is 7.85. The van der Waals surface area contributed by atoms with E-state index in [9.17, 15) is 0 Å². The standard InChI is InChI=1S/C14H21N3/c1-9-6-7-12(10(9)2)17-14-11-4-3-5-13(11)15-8-16-14/h8-10,12H,3-7H2,1-2H3,(H,15,16,17). The number of hydrogen-bond acceptors (Lipinski definition) is 3. The molecule has 2 aliphatic carbocycles. The van der Waals surface area contributed by atoms with Crippen LogP contribution in [0.2, 0.25) is 0 Å². The van der Waals surface area contributed by atoms with Gasteiger partial charge in [-0.25, -0.2) is 9.97 Å². The van der Waals surface area contributed by atoms with E-state index in [1.54, 1.807) is 6.33 Å². The molecule has 3 unspecified atom stereocenters. The van der Waals surface area contributed by atoms with Crippen LogP contribution in [-0.2, 0) is 12.8 Å². The van der Waals surface area contributed by atoms with Gasteiger partial charge in [0.05, 0.1) is 0 Å². The molecular weight excluding hydrogens is 210 g/mol. The largest absolute Gasteiger partial charge is 0.367 e. The molecule has 0 saturated heterocycles. The molecule has 0 aliphatic heterocycles. The smallest absolute Gasteiger partial charge is 0.133 e. The highest BCUT2D eigenvalue weighted by Gasteiger charge is 2.30. The highest BCUT2D eigenvalue weighted by Crippen LogP contribution is 2.34. The molecule has 1 aromatic rings. The van der Waals surface area contributed by atoms with Crippen LogP contribution in [0, 0.1) is 11.8 Å². The van der Waals surface area contributed by atoms with E-state index >= 15 is 0 Å². The summed E-state index contributed by atoms with van der Waals surface area (Å²) in [6.45, 7) is 4.72. The molecule has 3 nitrogen and oxygen atoms in total. The number of hydrogen-bond donors (Lipinski definition) is 1. The van der Waals surface area contributed by atoms with Crippen LogP contribution in [0.15, 0.2) is 6.33 Å². The van der Waals surface area contributed by atoms with Crippen molar-refractivity contribution in [3.63, 3.8) is 0 Å². The first kappa shape index (κ1) is 11.0. The fourth-order valence-corrected chi connectivity index (χ4v) is 3.23. The van der Waals surface area contributed by atoms with Gasteiger partial charge in [0.25, 0.3) is 0 Å². The van der Waals surface area contributed by atoms with Crippen LogP contribution >= 0.6 is 0 Å². The van der Waals surface area contributed by atoms with E-state index in [2.05, 4.69) is 29.1 Å². The molecule has 1 heterocycles. The Morgan fingerprint density at radius 2 is 2.06 bits per heavy atom. The fraction of sp³-hybridized carbons (Fsp3) is 0.714. The Morgan fingerprint density at radius 1 is 1.18 bits per heavy atom. The second-order valence-corrected chi connectivity index (χ2v) is 5.67. The molecule has 1 aromatic heterocycles. The van der Waals surface area contributed by atoms with E-state index in [-0.39, 0.29) is 0 Å². The first-order chi connectivity index (χ1) is 8.25. The molecule has 0 spiro atoms. The van der Waals surface area contributed by atoms with Gasteiger partial charge >= 0.3 is 0 Å². The van der Waals surface area contributed by atoms with Crippen LogP contribution in [0.25, 0.3) is 0 Å². The van der Waals surface area contributed by atoms with Crippen molar-refractivity contribution in [2.45, 2.75) is 52.0 Å². The van der Waals surface area contributed by atoms with Crippen LogP contribution in [-0.4, -0.2) is 16.0 Å². The maximum absolute atomic E-state index is 4.45. The fourth-order valence-electron chi connectivity index (χ4n) is 3.23. The van der Waals surface area contributed by atoms with Crippen LogP contribution in [0.4, 0.5) is 5.82 Å². The lowest BCUT2D eigenvalue weighted by Crippen LogP contribution is -2.25. The maximum Gasteiger partial charge on any atom is 0.133 e. The maximum atomic E-state index is 4.45. The molecule has 1 N–H and O–H groups in total. The molecule has 92 valence electrons. The third-order valence-electron chi connectivity index (χ3n) is 4.66. The SMILES string of the molecule is CC1CCC(Nc2ncnc3c2CCC3)C1C. The van der Waals surface area contributed by atoms with Gasteiger partial charge in [0.1, 0.15) is 12.1 Å². The molecule has 0 bridgehead atoms. The van der Waals surface area contributed by atoms with Gasteiger partial charge in [-0.15, -0.1) is 0 Å². The monoisotopic (exact) mass is 231 g/mol. The molecule has 3 heteroatoms. The van der Waals surface area contributed by atoms with Crippen molar-refractivity contribution in [1.82, 2.24) is 9.97 Å². The lowest BCUT2D eigenvalue weighted by Gasteiger charge is -2.21. The van der Waals surface area contributed by atoms with E-state index in [1.807, 2.05) is 0 Å². The second-order valence-electron chi connectivity index (χ2n) is 5.67. The number of fused-ring (bicyclic) bond motifs is 1. The minimum atomic E-state index is 0.601. The van der Waals surface area contributed by atoms with Gasteiger partial charge in [0.2, 0.25) is 0 Å². The topological polar surface area (TPSA) is 37.8 Å². The summed E-state index contributed by atoms with van der Waals surface area (Å²) < 4.78 is 0. The Labute approximate surface area is 103 Å². The Bertz CT molecular complexity index is 416. The van der Waals surface area contributed by atoms with Gasteiger partial charge in [-0.05, 0) is 43.9 Å². The number of nitrogens with zero attached hydrogens (tertiary/aromatic N) is 2. The normalized spacial score (nSPS) is 31.5. The number of nitrogens with one attached hydrogen (secondary N) is 1. The van der Waals surface area contributed by atoms with Crippen LogP contribution < -0.4 is 5.32 Å². The number of anilines is 1. The molecular formula is C14H21N3. The van der Waals surface area contributed by atoms with Crippen molar-refractivity contribution in [3.05, 3.63) is 17.6 Å². The predicted molar refractivity (Wildman–Crippen MR) is 69.0 cm³/mol. The first-order valence-corrected chi connectivity index (χ1v) is 6.85. The van der Waals surface area contributed by atoms with Gasteiger partial charge in [-0.2, -0.15) is 0 Å². The van der Waals surface area contributed by atoms with Crippen LogP contribution in [0.5, 0.6) is 0 Å². The third-order valence-corrected chi connectivity index (χ3v) is 4.66. The predicted octanol–water partition coefficient (Wildman–Crippen LogP) is 2.81. The molecule has 17 heavy (non-hydrogen) atoms. The van der Waals surface area contributed by atoms with E-state index in [4.69, 9.17) is 0 Å². The molecule has 0 amide bonds. The van der Waals surface area contributed by atoms with E-state index in [0.29, 0.717) is 6.04 Å². The summed E-state index contributed by atoms with van der Waals surface area (Å²) >= 11 is 0. The van der Waals surface area contributed by atoms with Crippen molar-refractivity contribution in [1.29, 1.82) is 0 Å². The number of aryl methyl sites for hydroxylation is 1. The van der Waals surface area contributed by atoms with E-state index in [1.165, 1.54) is 30.5 Å². The van der Waals surface area contributed by atoms with E-state index < -0.39 is 0 Å². The molecule has 1 saturated carbocycles. The van der Waals surface area contributed by atoms with Crippen molar-refractivity contribution < 1.29 is 0 Å². The summed E-state index contributed by atoms with van der Waals surface area (Å²) in [6, 6.07) is 0.601. The van der Waals surface area contributed by atoms with Crippen LogP contribution in [0.1, 0.15) is 44.4 Å². The molecule has 1 fully saturated rings. The van der Waals surface area contributed by atoms with E-state index in [0.717, 1.165) is 30.5 Å². The van der Waals surface area contributed by atoms with Gasteiger partial charge in [0.15, 0.2) is 0 Å². The lowest BCUT2D eigenvalue weighted by atomic mass is 9.98.